The van der Waals surface area contributed by atoms with Gasteiger partial charge in [-0.15, -0.1) is 0 Å². The first-order valence-electron chi connectivity index (χ1n) is 4.80. The van der Waals surface area contributed by atoms with Crippen molar-refractivity contribution >= 4 is 11.9 Å². The zero-order valence-electron chi connectivity index (χ0n) is 8.67. The Bertz CT molecular complexity index is 526. The lowest BCUT2D eigenvalue weighted by Crippen LogP contribution is -2.21. The van der Waals surface area contributed by atoms with Gasteiger partial charge in [-0.05, 0) is 24.3 Å². The number of furan rings is 2. The van der Waals surface area contributed by atoms with Gasteiger partial charge >= 0.3 is 5.97 Å². The van der Waals surface area contributed by atoms with Crippen LogP contribution in [0.4, 0.5) is 0 Å². The van der Waals surface area contributed by atoms with Crippen molar-refractivity contribution in [2.24, 2.45) is 0 Å². The molecule has 0 aromatic carbocycles. The molecule has 0 saturated carbocycles. The van der Waals surface area contributed by atoms with Gasteiger partial charge in [0.2, 0.25) is 5.76 Å². The summed E-state index contributed by atoms with van der Waals surface area (Å²) in [7, 11) is 0. The molecule has 2 aromatic heterocycles. The van der Waals surface area contributed by atoms with Crippen LogP contribution in [0.15, 0.2) is 39.4 Å². The van der Waals surface area contributed by atoms with E-state index in [1.165, 1.54) is 24.5 Å². The van der Waals surface area contributed by atoms with Gasteiger partial charge in [-0.1, -0.05) is 0 Å². The quantitative estimate of drug-likeness (QED) is 0.837. The van der Waals surface area contributed by atoms with Crippen molar-refractivity contribution in [1.29, 1.82) is 0 Å². The molecule has 2 rings (SSSR count). The van der Waals surface area contributed by atoms with Gasteiger partial charge in [0, 0.05) is 0 Å². The number of amides is 1. The molecule has 0 saturated heterocycles. The third kappa shape index (κ3) is 2.54. The standard InChI is InChI=1S/C11H9NO5/c13-10(8-2-1-5-16-8)12-6-7-3-4-9(17-7)11(14)15/h1-5H,6H2,(H,12,13)(H,14,15). The Labute approximate surface area is 95.8 Å². The van der Waals surface area contributed by atoms with E-state index < -0.39 is 5.97 Å². The van der Waals surface area contributed by atoms with Crippen molar-refractivity contribution in [3.05, 3.63) is 47.8 Å². The summed E-state index contributed by atoms with van der Waals surface area (Å²) in [6, 6.07) is 5.95. The SMILES string of the molecule is O=C(O)c1ccc(CNC(=O)c2ccco2)o1. The molecule has 0 radical (unpaired) electrons. The van der Waals surface area contributed by atoms with Crippen LogP contribution in [0.2, 0.25) is 0 Å². The number of carbonyl (C=O) groups is 2. The van der Waals surface area contributed by atoms with Crippen molar-refractivity contribution in [3.63, 3.8) is 0 Å². The molecular weight excluding hydrogens is 226 g/mol. The fraction of sp³-hybridized carbons (Fsp3) is 0.0909. The van der Waals surface area contributed by atoms with Gasteiger partial charge in [0.1, 0.15) is 5.76 Å². The van der Waals surface area contributed by atoms with Gasteiger partial charge in [0.15, 0.2) is 5.76 Å². The maximum absolute atomic E-state index is 11.5. The fourth-order valence-electron chi connectivity index (χ4n) is 1.25. The highest BCUT2D eigenvalue weighted by Crippen LogP contribution is 2.08. The van der Waals surface area contributed by atoms with Crippen molar-refractivity contribution in [2.45, 2.75) is 6.54 Å². The van der Waals surface area contributed by atoms with Gasteiger partial charge in [0.05, 0.1) is 12.8 Å². The number of hydrogen-bond acceptors (Lipinski definition) is 4. The number of nitrogens with one attached hydrogen (secondary N) is 1. The number of carboxylic acid groups (broad SMARTS) is 1. The van der Waals surface area contributed by atoms with Gasteiger partial charge in [0.25, 0.3) is 5.91 Å². The number of rotatable bonds is 4. The molecule has 17 heavy (non-hydrogen) atoms. The van der Waals surface area contributed by atoms with E-state index in [2.05, 4.69) is 5.32 Å². The van der Waals surface area contributed by atoms with Crippen LogP contribution >= 0.6 is 0 Å². The molecule has 2 aromatic rings. The van der Waals surface area contributed by atoms with Crippen molar-refractivity contribution in [2.75, 3.05) is 0 Å². The molecule has 0 aliphatic rings. The number of carboxylic acids is 1. The minimum Gasteiger partial charge on any atom is -0.475 e. The van der Waals surface area contributed by atoms with Gasteiger partial charge in [-0.2, -0.15) is 0 Å². The largest absolute Gasteiger partial charge is 0.475 e. The Morgan fingerprint density at radius 3 is 2.65 bits per heavy atom. The van der Waals surface area contributed by atoms with E-state index in [4.69, 9.17) is 13.9 Å². The topological polar surface area (TPSA) is 92.7 Å². The fourth-order valence-corrected chi connectivity index (χ4v) is 1.25. The molecule has 0 unspecified atom stereocenters. The third-order valence-corrected chi connectivity index (χ3v) is 2.04. The molecular formula is C11H9NO5. The Morgan fingerprint density at radius 1 is 1.24 bits per heavy atom. The molecule has 6 nitrogen and oxygen atoms in total. The van der Waals surface area contributed by atoms with Gasteiger partial charge < -0.3 is 19.3 Å². The Morgan fingerprint density at radius 2 is 2.06 bits per heavy atom. The van der Waals surface area contributed by atoms with Crippen LogP contribution in [0, 0.1) is 0 Å². The monoisotopic (exact) mass is 235 g/mol. The summed E-state index contributed by atoms with van der Waals surface area (Å²) in [5.74, 6) is -1.14. The lowest BCUT2D eigenvalue weighted by Gasteiger charge is -1.99. The van der Waals surface area contributed by atoms with Crippen LogP contribution in [0.25, 0.3) is 0 Å². The number of aromatic carboxylic acids is 1. The van der Waals surface area contributed by atoms with E-state index >= 15 is 0 Å². The van der Waals surface area contributed by atoms with Crippen molar-refractivity contribution in [3.8, 4) is 0 Å². The highest BCUT2D eigenvalue weighted by molar-refractivity contribution is 5.91. The van der Waals surface area contributed by atoms with Crippen LogP contribution in [0.1, 0.15) is 26.9 Å². The molecule has 6 heteroatoms. The summed E-state index contributed by atoms with van der Waals surface area (Å²) in [6.07, 6.45) is 1.39. The Hall–Kier alpha value is -2.50. The molecule has 2 heterocycles. The van der Waals surface area contributed by atoms with Crippen LogP contribution in [0.3, 0.4) is 0 Å². The molecule has 0 fully saturated rings. The smallest absolute Gasteiger partial charge is 0.371 e. The molecule has 2 N–H and O–H groups in total. The maximum atomic E-state index is 11.5. The second-order valence-electron chi connectivity index (χ2n) is 3.23. The molecule has 0 spiro atoms. The third-order valence-electron chi connectivity index (χ3n) is 2.04. The van der Waals surface area contributed by atoms with Gasteiger partial charge in [-0.25, -0.2) is 4.79 Å². The summed E-state index contributed by atoms with van der Waals surface area (Å²) in [5, 5.41) is 11.2. The highest BCUT2D eigenvalue weighted by atomic mass is 16.4. The second-order valence-corrected chi connectivity index (χ2v) is 3.23. The van der Waals surface area contributed by atoms with E-state index in [0.717, 1.165) is 0 Å². The zero-order chi connectivity index (χ0) is 12.3. The summed E-state index contributed by atoms with van der Waals surface area (Å²) in [5.41, 5.74) is 0. The highest BCUT2D eigenvalue weighted by Gasteiger charge is 2.11. The average Bonchev–Trinajstić information content (AvgIpc) is 2.97. The average molecular weight is 235 g/mol. The number of hydrogen-bond donors (Lipinski definition) is 2. The minimum absolute atomic E-state index is 0.104. The Kier molecular flexibility index (Phi) is 2.95. The van der Waals surface area contributed by atoms with Crippen LogP contribution < -0.4 is 5.32 Å². The van der Waals surface area contributed by atoms with Gasteiger partial charge in [-0.3, -0.25) is 4.79 Å². The van der Waals surface area contributed by atoms with E-state index in [-0.39, 0.29) is 24.0 Å². The lowest BCUT2D eigenvalue weighted by atomic mass is 10.4. The van der Waals surface area contributed by atoms with Crippen LogP contribution in [0.5, 0.6) is 0 Å². The summed E-state index contributed by atoms with van der Waals surface area (Å²) >= 11 is 0. The predicted octanol–water partition coefficient (Wildman–Crippen LogP) is 1.50. The zero-order valence-corrected chi connectivity index (χ0v) is 8.67. The first kappa shape index (κ1) is 11.0. The van der Waals surface area contributed by atoms with E-state index in [1.807, 2.05) is 0 Å². The molecule has 0 atom stereocenters. The summed E-state index contributed by atoms with van der Waals surface area (Å²) in [6.45, 7) is 0.104. The molecule has 88 valence electrons. The maximum Gasteiger partial charge on any atom is 0.371 e. The molecule has 0 bridgehead atoms. The van der Waals surface area contributed by atoms with E-state index in [1.54, 1.807) is 6.07 Å². The summed E-state index contributed by atoms with van der Waals surface area (Å²) < 4.78 is 9.86. The first-order valence-corrected chi connectivity index (χ1v) is 4.80. The number of carbonyl (C=O) groups excluding carboxylic acids is 1. The minimum atomic E-state index is -1.14. The molecule has 1 amide bonds. The van der Waals surface area contributed by atoms with Crippen molar-refractivity contribution in [1.82, 2.24) is 5.32 Å². The van der Waals surface area contributed by atoms with Crippen LogP contribution in [-0.4, -0.2) is 17.0 Å². The van der Waals surface area contributed by atoms with E-state index in [9.17, 15) is 9.59 Å². The Balaban J connectivity index is 1.93. The molecule has 0 aliphatic heterocycles. The molecule has 0 aliphatic carbocycles. The lowest BCUT2D eigenvalue weighted by molar-refractivity contribution is 0.0660. The predicted molar refractivity (Wildman–Crippen MR) is 55.5 cm³/mol. The normalized spacial score (nSPS) is 10.1. The second kappa shape index (κ2) is 4.56. The van der Waals surface area contributed by atoms with E-state index in [0.29, 0.717) is 5.76 Å². The first-order chi connectivity index (χ1) is 8.16. The summed E-state index contributed by atoms with van der Waals surface area (Å²) in [4.78, 5) is 22.0. The van der Waals surface area contributed by atoms with Crippen molar-refractivity contribution < 1.29 is 23.5 Å². The van der Waals surface area contributed by atoms with Crippen LogP contribution in [-0.2, 0) is 6.54 Å².